The predicted octanol–water partition coefficient (Wildman–Crippen LogP) is 1.67. The summed E-state index contributed by atoms with van der Waals surface area (Å²) in [7, 11) is 5.80. The average Bonchev–Trinajstić information content (AvgIpc) is 2.29. The van der Waals surface area contributed by atoms with Gasteiger partial charge in [-0.3, -0.25) is 0 Å². The van der Waals surface area contributed by atoms with Gasteiger partial charge in [0.25, 0.3) is 0 Å². The molecule has 3 nitrogen and oxygen atoms in total. The van der Waals surface area contributed by atoms with E-state index in [1.807, 2.05) is 7.05 Å². The Labute approximate surface area is 98.4 Å². The summed E-state index contributed by atoms with van der Waals surface area (Å²) in [5, 5.41) is 3.25. The van der Waals surface area contributed by atoms with Crippen LogP contribution in [0.4, 0.5) is 5.69 Å². The summed E-state index contributed by atoms with van der Waals surface area (Å²) in [5.74, 6) is 0. The molecule has 16 heavy (non-hydrogen) atoms. The lowest BCUT2D eigenvalue weighted by Crippen LogP contribution is -2.40. The third-order valence-electron chi connectivity index (χ3n) is 2.75. The zero-order chi connectivity index (χ0) is 12.0. The Kier molecular flexibility index (Phi) is 5.29. The number of likely N-dealkylation sites (N-methyl/N-ethyl adjacent to an activating group) is 2. The summed E-state index contributed by atoms with van der Waals surface area (Å²) in [5.41, 5.74) is 2.53. The van der Waals surface area contributed by atoms with Gasteiger partial charge in [-0.05, 0) is 26.1 Å². The van der Waals surface area contributed by atoms with E-state index in [0.717, 1.165) is 13.2 Å². The van der Waals surface area contributed by atoms with Gasteiger partial charge < -0.3 is 15.0 Å². The van der Waals surface area contributed by atoms with Crippen molar-refractivity contribution in [3.8, 4) is 0 Å². The summed E-state index contributed by atoms with van der Waals surface area (Å²) < 4.78 is 5.16. The van der Waals surface area contributed by atoms with Gasteiger partial charge in [-0.2, -0.15) is 0 Å². The summed E-state index contributed by atoms with van der Waals surface area (Å²) in [6.07, 6.45) is 0. The van der Waals surface area contributed by atoms with Crippen molar-refractivity contribution in [2.45, 2.75) is 13.0 Å². The number of aryl methyl sites for hydroxylation is 1. The molecular weight excluding hydrogens is 200 g/mol. The van der Waals surface area contributed by atoms with Crippen LogP contribution in [0.5, 0.6) is 0 Å². The van der Waals surface area contributed by atoms with E-state index < -0.39 is 0 Å². The Hall–Kier alpha value is -1.06. The van der Waals surface area contributed by atoms with E-state index in [4.69, 9.17) is 4.74 Å². The van der Waals surface area contributed by atoms with Crippen LogP contribution in [0.2, 0.25) is 0 Å². The minimum Gasteiger partial charge on any atom is -0.383 e. The van der Waals surface area contributed by atoms with Crippen molar-refractivity contribution < 1.29 is 4.74 Å². The Bertz CT molecular complexity index is 297. The topological polar surface area (TPSA) is 24.5 Å². The normalized spacial score (nSPS) is 12.5. The Morgan fingerprint density at radius 3 is 2.44 bits per heavy atom. The molecule has 3 heteroatoms. The first kappa shape index (κ1) is 13.0. The molecule has 90 valence electrons. The lowest BCUT2D eigenvalue weighted by atomic mass is 10.2. The minimum atomic E-state index is 0.358. The van der Waals surface area contributed by atoms with Gasteiger partial charge in [0, 0.05) is 32.4 Å². The molecule has 1 unspecified atom stereocenters. The van der Waals surface area contributed by atoms with Crippen molar-refractivity contribution in [2.24, 2.45) is 0 Å². The molecule has 0 bridgehead atoms. The monoisotopic (exact) mass is 222 g/mol. The molecule has 0 fully saturated rings. The first-order valence-corrected chi connectivity index (χ1v) is 5.61. The zero-order valence-corrected chi connectivity index (χ0v) is 10.7. The van der Waals surface area contributed by atoms with E-state index in [0.29, 0.717) is 6.04 Å². The summed E-state index contributed by atoms with van der Waals surface area (Å²) in [4.78, 5) is 2.24. The maximum Gasteiger partial charge on any atom is 0.0633 e. The molecule has 0 aliphatic rings. The Morgan fingerprint density at radius 1 is 1.31 bits per heavy atom. The van der Waals surface area contributed by atoms with E-state index in [1.165, 1.54) is 11.3 Å². The smallest absolute Gasteiger partial charge is 0.0633 e. The van der Waals surface area contributed by atoms with Crippen LogP contribution in [0.15, 0.2) is 24.3 Å². The highest BCUT2D eigenvalue weighted by molar-refractivity contribution is 5.46. The van der Waals surface area contributed by atoms with E-state index in [2.05, 4.69) is 48.5 Å². The number of methoxy groups -OCH3 is 1. The largest absolute Gasteiger partial charge is 0.383 e. The maximum atomic E-state index is 5.16. The highest BCUT2D eigenvalue weighted by atomic mass is 16.5. The number of hydrogen-bond donors (Lipinski definition) is 1. The van der Waals surface area contributed by atoms with Crippen molar-refractivity contribution >= 4 is 5.69 Å². The van der Waals surface area contributed by atoms with Crippen LogP contribution in [-0.4, -0.2) is 40.4 Å². The molecule has 1 aromatic carbocycles. The van der Waals surface area contributed by atoms with Crippen LogP contribution in [0.1, 0.15) is 5.56 Å². The zero-order valence-electron chi connectivity index (χ0n) is 10.7. The van der Waals surface area contributed by atoms with E-state index in [-0.39, 0.29) is 0 Å². The lowest BCUT2D eigenvalue weighted by molar-refractivity contribution is 0.171. The quantitative estimate of drug-likeness (QED) is 0.792. The van der Waals surface area contributed by atoms with Crippen LogP contribution in [0.3, 0.4) is 0 Å². The van der Waals surface area contributed by atoms with E-state index in [1.54, 1.807) is 7.11 Å². The van der Waals surface area contributed by atoms with Crippen molar-refractivity contribution in [3.63, 3.8) is 0 Å². The van der Waals surface area contributed by atoms with Crippen LogP contribution < -0.4 is 10.2 Å². The molecule has 1 N–H and O–H groups in total. The van der Waals surface area contributed by atoms with Gasteiger partial charge in [-0.1, -0.05) is 17.7 Å². The number of hydrogen-bond acceptors (Lipinski definition) is 3. The first-order valence-electron chi connectivity index (χ1n) is 5.61. The van der Waals surface area contributed by atoms with Gasteiger partial charge in [0.1, 0.15) is 0 Å². The average molecular weight is 222 g/mol. The van der Waals surface area contributed by atoms with E-state index >= 15 is 0 Å². The maximum absolute atomic E-state index is 5.16. The van der Waals surface area contributed by atoms with Gasteiger partial charge in [0.05, 0.1) is 6.61 Å². The van der Waals surface area contributed by atoms with Gasteiger partial charge in [-0.25, -0.2) is 0 Å². The fourth-order valence-electron chi connectivity index (χ4n) is 1.66. The number of nitrogens with one attached hydrogen (secondary N) is 1. The molecule has 0 saturated carbocycles. The first-order chi connectivity index (χ1) is 7.67. The van der Waals surface area contributed by atoms with Gasteiger partial charge in [0.15, 0.2) is 0 Å². The van der Waals surface area contributed by atoms with Gasteiger partial charge >= 0.3 is 0 Å². The third kappa shape index (κ3) is 3.83. The van der Waals surface area contributed by atoms with Crippen molar-refractivity contribution in [1.29, 1.82) is 0 Å². The standard InChI is InChI=1S/C13H22N2O/c1-11-5-7-13(8-6-11)15(3)9-12(14-2)10-16-4/h5-8,12,14H,9-10H2,1-4H3. The Balaban J connectivity index is 2.56. The van der Waals surface area contributed by atoms with Gasteiger partial charge in [0.2, 0.25) is 0 Å². The molecule has 0 radical (unpaired) electrons. The molecule has 0 aliphatic heterocycles. The van der Waals surface area contributed by atoms with Crippen LogP contribution in [0, 0.1) is 6.92 Å². The second-order valence-electron chi connectivity index (χ2n) is 4.16. The minimum absolute atomic E-state index is 0.358. The number of nitrogens with zero attached hydrogens (tertiary/aromatic N) is 1. The summed E-state index contributed by atoms with van der Waals surface area (Å²) in [6, 6.07) is 8.92. The lowest BCUT2D eigenvalue weighted by Gasteiger charge is -2.25. The predicted molar refractivity (Wildman–Crippen MR) is 69.2 cm³/mol. The number of ether oxygens (including phenoxy) is 1. The van der Waals surface area contributed by atoms with Crippen molar-refractivity contribution in [3.05, 3.63) is 29.8 Å². The second kappa shape index (κ2) is 6.51. The molecule has 0 amide bonds. The highest BCUT2D eigenvalue weighted by Gasteiger charge is 2.09. The number of benzene rings is 1. The molecule has 0 aliphatic carbocycles. The van der Waals surface area contributed by atoms with Crippen LogP contribution in [-0.2, 0) is 4.74 Å². The molecule has 1 aromatic rings. The molecular formula is C13H22N2O. The SMILES string of the molecule is CNC(COC)CN(C)c1ccc(C)cc1. The van der Waals surface area contributed by atoms with Crippen molar-refractivity contribution in [1.82, 2.24) is 5.32 Å². The Morgan fingerprint density at radius 2 is 1.94 bits per heavy atom. The number of anilines is 1. The fourth-order valence-corrected chi connectivity index (χ4v) is 1.66. The molecule has 0 aromatic heterocycles. The van der Waals surface area contributed by atoms with Gasteiger partial charge in [-0.15, -0.1) is 0 Å². The molecule has 1 atom stereocenters. The third-order valence-corrected chi connectivity index (χ3v) is 2.75. The molecule has 0 heterocycles. The molecule has 0 saturated heterocycles. The molecule has 1 rings (SSSR count). The molecule has 0 spiro atoms. The van der Waals surface area contributed by atoms with Crippen LogP contribution in [0.25, 0.3) is 0 Å². The van der Waals surface area contributed by atoms with Crippen LogP contribution >= 0.6 is 0 Å². The second-order valence-corrected chi connectivity index (χ2v) is 4.16. The number of rotatable bonds is 6. The fraction of sp³-hybridized carbons (Fsp3) is 0.538. The summed E-state index contributed by atoms with van der Waals surface area (Å²) in [6.45, 7) is 3.77. The van der Waals surface area contributed by atoms with E-state index in [9.17, 15) is 0 Å². The van der Waals surface area contributed by atoms with Crippen molar-refractivity contribution in [2.75, 3.05) is 39.3 Å². The highest BCUT2D eigenvalue weighted by Crippen LogP contribution is 2.13. The summed E-state index contributed by atoms with van der Waals surface area (Å²) >= 11 is 0.